The Morgan fingerprint density at radius 2 is 1.92 bits per heavy atom. The van der Waals surface area contributed by atoms with Crippen molar-refractivity contribution in [2.45, 2.75) is 65.7 Å². The quantitative estimate of drug-likeness (QED) is 0.549. The van der Waals surface area contributed by atoms with Gasteiger partial charge in [-0.2, -0.15) is 0 Å². The summed E-state index contributed by atoms with van der Waals surface area (Å²) < 4.78 is 10.6. The third kappa shape index (κ3) is 2.64. The molecule has 5 atom stereocenters. The molecule has 0 aromatic rings. The third-order valence-electron chi connectivity index (χ3n) is 7.95. The molecule has 0 amide bonds. The molecule has 0 saturated heterocycles. The summed E-state index contributed by atoms with van der Waals surface area (Å²) in [4.78, 5) is 23.4. The Bertz CT molecular complexity index is 690. The summed E-state index contributed by atoms with van der Waals surface area (Å²) in [7, 11) is 0. The van der Waals surface area contributed by atoms with Gasteiger partial charge in [-0.05, 0) is 66.9 Å². The summed E-state index contributed by atoms with van der Waals surface area (Å²) >= 11 is 0. The van der Waals surface area contributed by atoms with Gasteiger partial charge < -0.3 is 9.47 Å². The number of ether oxygens (including phenoxy) is 2. The van der Waals surface area contributed by atoms with Crippen molar-refractivity contribution in [1.29, 1.82) is 0 Å². The van der Waals surface area contributed by atoms with Gasteiger partial charge in [-0.15, -0.1) is 0 Å². The van der Waals surface area contributed by atoms with Gasteiger partial charge in [-0.25, -0.2) is 0 Å². The van der Waals surface area contributed by atoms with Gasteiger partial charge in [-0.1, -0.05) is 19.9 Å². The fraction of sp³-hybridized carbons (Fsp3) is 0.727. The number of rotatable bonds is 3. The van der Waals surface area contributed by atoms with E-state index >= 15 is 0 Å². The van der Waals surface area contributed by atoms with Crippen LogP contribution >= 0.6 is 0 Å². The largest absolute Gasteiger partial charge is 0.462 e. The Morgan fingerprint density at radius 1 is 1.15 bits per heavy atom. The van der Waals surface area contributed by atoms with E-state index in [2.05, 4.69) is 26.0 Å². The molecule has 0 aliphatic heterocycles. The highest BCUT2D eigenvalue weighted by Crippen LogP contribution is 2.63. The zero-order chi connectivity index (χ0) is 18.5. The zero-order valence-corrected chi connectivity index (χ0v) is 16.2. The molecule has 4 rings (SSSR count). The lowest BCUT2D eigenvalue weighted by Gasteiger charge is -2.55. The molecule has 2 fully saturated rings. The molecule has 4 aliphatic carbocycles. The minimum Gasteiger partial charge on any atom is -0.462 e. The number of hydrogen-bond acceptors (Lipinski definition) is 4. The number of esters is 1. The standard InChI is InChI=1S/C22H30O4/c1-14(23)25-13-26-16-8-10-21(2)15(12-16)4-5-17-18-6-7-20(24)22(18,3)11-9-19(17)21/h4,12,17-19H,5-11,13H2,1-3H3/t17-,18-,19-,21-,22-/m0/s1. The molecule has 0 spiro atoms. The minimum absolute atomic E-state index is 0.000243. The first-order valence-corrected chi connectivity index (χ1v) is 10.1. The van der Waals surface area contributed by atoms with E-state index in [9.17, 15) is 9.59 Å². The Labute approximate surface area is 156 Å². The van der Waals surface area contributed by atoms with Crippen LogP contribution in [0.5, 0.6) is 0 Å². The monoisotopic (exact) mass is 358 g/mol. The average Bonchev–Trinajstić information content (AvgIpc) is 2.90. The van der Waals surface area contributed by atoms with Gasteiger partial charge in [-0.3, -0.25) is 9.59 Å². The number of fused-ring (bicyclic) bond motifs is 5. The van der Waals surface area contributed by atoms with Gasteiger partial charge in [0.05, 0.1) is 0 Å². The maximum atomic E-state index is 12.5. The van der Waals surface area contributed by atoms with E-state index in [1.54, 1.807) is 0 Å². The Hall–Kier alpha value is -1.58. The predicted molar refractivity (Wildman–Crippen MR) is 97.9 cm³/mol. The molecule has 0 radical (unpaired) electrons. The first-order chi connectivity index (χ1) is 12.3. The van der Waals surface area contributed by atoms with Crippen molar-refractivity contribution in [3.8, 4) is 0 Å². The Kier molecular flexibility index (Phi) is 4.28. The van der Waals surface area contributed by atoms with Crippen LogP contribution in [0, 0.1) is 28.6 Å². The summed E-state index contributed by atoms with van der Waals surface area (Å²) in [6.45, 7) is 6.03. The van der Waals surface area contributed by atoms with Crippen molar-refractivity contribution in [3.63, 3.8) is 0 Å². The van der Waals surface area contributed by atoms with Crippen LogP contribution in [0.4, 0.5) is 0 Å². The molecule has 0 aromatic carbocycles. The van der Waals surface area contributed by atoms with Crippen molar-refractivity contribution in [2.24, 2.45) is 28.6 Å². The second-order valence-electron chi connectivity index (χ2n) is 9.12. The molecule has 0 bridgehead atoms. The fourth-order valence-corrected chi connectivity index (χ4v) is 6.37. The number of hydrogen-bond donors (Lipinski definition) is 0. The van der Waals surface area contributed by atoms with E-state index < -0.39 is 0 Å². The van der Waals surface area contributed by atoms with E-state index in [4.69, 9.17) is 9.47 Å². The number of allylic oxidation sites excluding steroid dienone is 4. The zero-order valence-electron chi connectivity index (χ0n) is 16.2. The van der Waals surface area contributed by atoms with Gasteiger partial charge in [0.15, 0.2) is 0 Å². The molecule has 4 nitrogen and oxygen atoms in total. The SMILES string of the molecule is CC(=O)OCOC1=CC2=CC[C@@H]3[C@H](CC[C@]4(C)C(=O)CC[C@@H]34)[C@@]2(C)CC1. The van der Waals surface area contributed by atoms with Crippen LogP contribution in [0.2, 0.25) is 0 Å². The number of Topliss-reactive ketones (excluding diaryl/α,β-unsaturated/α-hetero) is 1. The van der Waals surface area contributed by atoms with E-state index in [0.29, 0.717) is 23.5 Å². The van der Waals surface area contributed by atoms with Gasteiger partial charge in [0.1, 0.15) is 11.5 Å². The Morgan fingerprint density at radius 3 is 2.69 bits per heavy atom. The third-order valence-corrected chi connectivity index (χ3v) is 7.95. The highest BCUT2D eigenvalue weighted by Gasteiger charge is 2.58. The molecule has 0 heterocycles. The van der Waals surface area contributed by atoms with E-state index in [1.807, 2.05) is 0 Å². The van der Waals surface area contributed by atoms with Crippen molar-refractivity contribution in [1.82, 2.24) is 0 Å². The maximum absolute atomic E-state index is 12.5. The second-order valence-corrected chi connectivity index (χ2v) is 9.12. The second kappa shape index (κ2) is 6.24. The fourth-order valence-electron chi connectivity index (χ4n) is 6.37. The first kappa shape index (κ1) is 17.8. The summed E-state index contributed by atoms with van der Waals surface area (Å²) in [5.41, 5.74) is 1.51. The molecule has 0 N–H and O–H groups in total. The van der Waals surface area contributed by atoms with E-state index in [-0.39, 0.29) is 23.6 Å². The topological polar surface area (TPSA) is 52.6 Å². The van der Waals surface area contributed by atoms with Gasteiger partial charge in [0.2, 0.25) is 6.79 Å². The van der Waals surface area contributed by atoms with Crippen molar-refractivity contribution in [2.75, 3.05) is 6.79 Å². The molecule has 26 heavy (non-hydrogen) atoms. The van der Waals surface area contributed by atoms with Crippen LogP contribution in [0.1, 0.15) is 65.7 Å². The summed E-state index contributed by atoms with van der Waals surface area (Å²) in [5.74, 6) is 2.98. The molecule has 4 aliphatic rings. The number of ketones is 1. The van der Waals surface area contributed by atoms with Crippen molar-refractivity contribution < 1.29 is 19.1 Å². The molecule has 0 unspecified atom stereocenters. The summed E-state index contributed by atoms with van der Waals surface area (Å²) in [6, 6.07) is 0. The van der Waals surface area contributed by atoms with E-state index in [1.165, 1.54) is 12.5 Å². The maximum Gasteiger partial charge on any atom is 0.305 e. The molecule has 4 heteroatoms. The highest BCUT2D eigenvalue weighted by molar-refractivity contribution is 5.87. The van der Waals surface area contributed by atoms with Gasteiger partial charge in [0.25, 0.3) is 0 Å². The molecular formula is C22H30O4. The smallest absolute Gasteiger partial charge is 0.305 e. The van der Waals surface area contributed by atoms with Crippen molar-refractivity contribution in [3.05, 3.63) is 23.5 Å². The summed E-state index contributed by atoms with van der Waals surface area (Å²) in [6.07, 6.45) is 11.7. The minimum atomic E-state index is -0.317. The van der Waals surface area contributed by atoms with E-state index in [0.717, 1.165) is 50.7 Å². The Balaban J connectivity index is 1.55. The van der Waals surface area contributed by atoms with Crippen LogP contribution in [0.15, 0.2) is 23.5 Å². The van der Waals surface area contributed by atoms with Gasteiger partial charge in [0, 0.05) is 25.2 Å². The number of carbonyl (C=O) groups excluding carboxylic acids is 2. The lowest BCUT2D eigenvalue weighted by Crippen LogP contribution is -2.49. The molecule has 2 saturated carbocycles. The van der Waals surface area contributed by atoms with Crippen LogP contribution in [-0.4, -0.2) is 18.5 Å². The lowest BCUT2D eigenvalue weighted by molar-refractivity contribution is -0.150. The number of carbonyl (C=O) groups is 2. The molecule has 142 valence electrons. The molecule has 0 aromatic heterocycles. The molecular weight excluding hydrogens is 328 g/mol. The first-order valence-electron chi connectivity index (χ1n) is 10.1. The van der Waals surface area contributed by atoms with Crippen molar-refractivity contribution >= 4 is 11.8 Å². The van der Waals surface area contributed by atoms with Gasteiger partial charge >= 0.3 is 5.97 Å². The van der Waals surface area contributed by atoms with Crippen LogP contribution in [-0.2, 0) is 19.1 Å². The predicted octanol–water partition coefficient (Wildman–Crippen LogP) is 4.55. The van der Waals surface area contributed by atoms with Crippen LogP contribution < -0.4 is 0 Å². The van der Waals surface area contributed by atoms with Crippen LogP contribution in [0.3, 0.4) is 0 Å². The lowest BCUT2D eigenvalue weighted by atomic mass is 9.49. The normalized spacial score (nSPS) is 41.3. The highest BCUT2D eigenvalue weighted by atomic mass is 16.7. The summed E-state index contributed by atoms with van der Waals surface area (Å²) in [5, 5.41) is 0. The average molecular weight is 358 g/mol. The van der Waals surface area contributed by atoms with Crippen LogP contribution in [0.25, 0.3) is 0 Å².